The molecule has 1 aromatic rings. The topological polar surface area (TPSA) is 16.1 Å². The summed E-state index contributed by atoms with van der Waals surface area (Å²) in [7, 11) is 0. The summed E-state index contributed by atoms with van der Waals surface area (Å²) in [6.45, 7) is -0.471. The molecule has 90 valence electrons. The second kappa shape index (κ2) is 6.03. The Morgan fingerprint density at radius 2 is 2.06 bits per heavy atom. The molecule has 7 heteroatoms. The molecule has 1 aromatic heterocycles. The average Bonchev–Trinajstić information content (AvgIpc) is 2.16. The van der Waals surface area contributed by atoms with Crippen LogP contribution in [0.2, 0.25) is 0 Å². The Labute approximate surface area is 98.4 Å². The summed E-state index contributed by atoms with van der Waals surface area (Å²) in [6.07, 6.45) is -1.81. The molecule has 0 radical (unpaired) electrons. The third kappa shape index (κ3) is 3.62. The number of aromatic nitrogens is 1. The highest BCUT2D eigenvalue weighted by Gasteiger charge is 2.17. The van der Waals surface area contributed by atoms with Gasteiger partial charge in [-0.3, -0.25) is 0 Å². The summed E-state index contributed by atoms with van der Waals surface area (Å²) in [6, 6.07) is 0.620. The van der Waals surface area contributed by atoms with Crippen molar-refractivity contribution in [2.45, 2.75) is 6.43 Å². The summed E-state index contributed by atoms with van der Waals surface area (Å²) < 4.78 is 50.3. The van der Waals surface area contributed by atoms with Crippen LogP contribution in [0.15, 0.2) is 12.3 Å². The van der Waals surface area contributed by atoms with Gasteiger partial charge in [0.2, 0.25) is 0 Å². The Morgan fingerprint density at radius 3 is 2.56 bits per heavy atom. The number of halogens is 5. The van der Waals surface area contributed by atoms with Crippen molar-refractivity contribution in [2.75, 3.05) is 23.3 Å². The lowest BCUT2D eigenvalue weighted by Gasteiger charge is -2.22. The van der Waals surface area contributed by atoms with Crippen molar-refractivity contribution in [1.82, 2.24) is 4.98 Å². The molecule has 0 saturated heterocycles. The van der Waals surface area contributed by atoms with Gasteiger partial charge in [0.05, 0.1) is 12.7 Å². The summed E-state index contributed by atoms with van der Waals surface area (Å²) in [5.41, 5.74) is 0. The van der Waals surface area contributed by atoms with E-state index in [1.165, 1.54) is 0 Å². The van der Waals surface area contributed by atoms with E-state index in [2.05, 4.69) is 20.9 Å². The van der Waals surface area contributed by atoms with Gasteiger partial charge in [0, 0.05) is 17.9 Å². The van der Waals surface area contributed by atoms with E-state index < -0.39 is 24.6 Å². The fourth-order valence-electron chi connectivity index (χ4n) is 1.19. The molecule has 0 spiro atoms. The predicted molar refractivity (Wildman–Crippen MR) is 56.2 cm³/mol. The van der Waals surface area contributed by atoms with Crippen molar-refractivity contribution in [1.29, 1.82) is 0 Å². The zero-order chi connectivity index (χ0) is 12.1. The van der Waals surface area contributed by atoms with Gasteiger partial charge >= 0.3 is 0 Å². The van der Waals surface area contributed by atoms with E-state index >= 15 is 0 Å². The number of alkyl halides is 3. The molecule has 1 rings (SSSR count). The van der Waals surface area contributed by atoms with Crippen LogP contribution < -0.4 is 4.90 Å². The number of hydrogen-bond acceptors (Lipinski definition) is 2. The Bertz CT molecular complexity index is 348. The Hall–Kier alpha value is -0.850. The van der Waals surface area contributed by atoms with Crippen molar-refractivity contribution in [3.63, 3.8) is 0 Å². The minimum Gasteiger partial charge on any atom is -0.348 e. The van der Waals surface area contributed by atoms with Gasteiger partial charge in [-0.1, -0.05) is 15.9 Å². The maximum Gasteiger partial charge on any atom is 0.255 e. The first-order valence-corrected chi connectivity index (χ1v) is 5.57. The maximum absolute atomic E-state index is 13.3. The summed E-state index contributed by atoms with van der Waals surface area (Å²) in [5, 5.41) is 0.387. The molecule has 0 aliphatic rings. The van der Waals surface area contributed by atoms with E-state index in [-0.39, 0.29) is 12.4 Å². The Balaban J connectivity index is 2.91. The SMILES string of the molecule is Fc1cnc(N(CCBr)CC(F)F)c(F)c1. The van der Waals surface area contributed by atoms with Crippen molar-refractivity contribution in [3.05, 3.63) is 23.9 Å². The minimum atomic E-state index is -2.61. The molecule has 0 saturated carbocycles. The van der Waals surface area contributed by atoms with E-state index in [1.807, 2.05) is 0 Å². The number of pyridine rings is 1. The van der Waals surface area contributed by atoms with Crippen LogP contribution in [0.1, 0.15) is 0 Å². The molecule has 0 aliphatic heterocycles. The van der Waals surface area contributed by atoms with Crippen LogP contribution in [0.5, 0.6) is 0 Å². The van der Waals surface area contributed by atoms with E-state index in [1.54, 1.807) is 0 Å². The van der Waals surface area contributed by atoms with Gasteiger partial charge in [0.25, 0.3) is 6.43 Å². The molecule has 0 aromatic carbocycles. The molecule has 0 fully saturated rings. The Kier molecular flexibility index (Phi) is 4.98. The molecular formula is C9H9BrF4N2. The van der Waals surface area contributed by atoms with E-state index in [0.29, 0.717) is 11.4 Å². The molecular weight excluding hydrogens is 292 g/mol. The van der Waals surface area contributed by atoms with Gasteiger partial charge in [-0.2, -0.15) is 0 Å². The highest BCUT2D eigenvalue weighted by Crippen LogP contribution is 2.17. The first-order chi connectivity index (χ1) is 7.54. The highest BCUT2D eigenvalue weighted by atomic mass is 79.9. The molecule has 2 nitrogen and oxygen atoms in total. The molecule has 0 bridgehead atoms. The molecule has 0 aliphatic carbocycles. The number of anilines is 1. The maximum atomic E-state index is 13.3. The van der Waals surface area contributed by atoms with Crippen molar-refractivity contribution in [3.8, 4) is 0 Å². The third-order valence-electron chi connectivity index (χ3n) is 1.80. The molecule has 1 heterocycles. The highest BCUT2D eigenvalue weighted by molar-refractivity contribution is 9.09. The van der Waals surface area contributed by atoms with Crippen molar-refractivity contribution < 1.29 is 17.6 Å². The first kappa shape index (κ1) is 13.2. The fourth-order valence-corrected chi connectivity index (χ4v) is 1.62. The normalized spacial score (nSPS) is 10.9. The van der Waals surface area contributed by atoms with Gasteiger partial charge < -0.3 is 4.90 Å². The lowest BCUT2D eigenvalue weighted by Crippen LogP contribution is -2.32. The molecule has 0 amide bonds. The molecule has 0 unspecified atom stereocenters. The van der Waals surface area contributed by atoms with Gasteiger partial charge in [-0.05, 0) is 0 Å². The van der Waals surface area contributed by atoms with Crippen LogP contribution in [-0.2, 0) is 0 Å². The zero-order valence-electron chi connectivity index (χ0n) is 8.14. The Morgan fingerprint density at radius 1 is 1.38 bits per heavy atom. The number of rotatable bonds is 5. The standard InChI is InChI=1S/C9H9BrF4N2/c10-1-2-16(5-8(13)14)9-7(12)3-6(11)4-15-9/h3-4,8H,1-2,5H2. The summed E-state index contributed by atoms with van der Waals surface area (Å²) in [5.74, 6) is -2.04. The van der Waals surface area contributed by atoms with Gasteiger partial charge in [0.1, 0.15) is 5.82 Å². The van der Waals surface area contributed by atoms with E-state index in [4.69, 9.17) is 0 Å². The quantitative estimate of drug-likeness (QED) is 0.614. The molecule has 0 atom stereocenters. The van der Waals surface area contributed by atoms with Gasteiger partial charge in [-0.25, -0.2) is 22.5 Å². The van der Waals surface area contributed by atoms with Crippen LogP contribution in [-0.4, -0.2) is 29.8 Å². The fraction of sp³-hybridized carbons (Fsp3) is 0.444. The molecule has 0 N–H and O–H groups in total. The average molecular weight is 301 g/mol. The van der Waals surface area contributed by atoms with Crippen LogP contribution in [0, 0.1) is 11.6 Å². The lowest BCUT2D eigenvalue weighted by atomic mass is 10.4. The monoisotopic (exact) mass is 300 g/mol. The summed E-state index contributed by atoms with van der Waals surface area (Å²) >= 11 is 3.07. The smallest absolute Gasteiger partial charge is 0.255 e. The zero-order valence-corrected chi connectivity index (χ0v) is 9.72. The van der Waals surface area contributed by atoms with Crippen LogP contribution in [0.25, 0.3) is 0 Å². The summed E-state index contributed by atoms with van der Waals surface area (Å²) in [4.78, 5) is 4.54. The number of hydrogen-bond donors (Lipinski definition) is 0. The predicted octanol–water partition coefficient (Wildman–Crippen LogP) is 2.83. The van der Waals surface area contributed by atoms with Crippen LogP contribution in [0.4, 0.5) is 23.4 Å². The number of nitrogens with zero attached hydrogens (tertiary/aromatic N) is 2. The van der Waals surface area contributed by atoms with E-state index in [0.717, 1.165) is 11.1 Å². The van der Waals surface area contributed by atoms with Crippen LogP contribution >= 0.6 is 15.9 Å². The first-order valence-electron chi connectivity index (χ1n) is 4.44. The third-order valence-corrected chi connectivity index (χ3v) is 2.16. The van der Waals surface area contributed by atoms with Gasteiger partial charge in [0.15, 0.2) is 11.6 Å². The largest absolute Gasteiger partial charge is 0.348 e. The van der Waals surface area contributed by atoms with Crippen LogP contribution in [0.3, 0.4) is 0 Å². The van der Waals surface area contributed by atoms with Crippen molar-refractivity contribution in [2.24, 2.45) is 0 Å². The second-order valence-corrected chi connectivity index (χ2v) is 3.78. The van der Waals surface area contributed by atoms with E-state index in [9.17, 15) is 17.6 Å². The molecule has 16 heavy (non-hydrogen) atoms. The lowest BCUT2D eigenvalue weighted by molar-refractivity contribution is 0.155. The minimum absolute atomic E-state index is 0.167. The van der Waals surface area contributed by atoms with Crippen molar-refractivity contribution >= 4 is 21.7 Å². The van der Waals surface area contributed by atoms with Gasteiger partial charge in [-0.15, -0.1) is 0 Å². The second-order valence-electron chi connectivity index (χ2n) is 2.99.